The predicted molar refractivity (Wildman–Crippen MR) is 156 cm³/mol. The highest BCUT2D eigenvalue weighted by molar-refractivity contribution is 5.96. The van der Waals surface area contributed by atoms with Gasteiger partial charge in [-0.2, -0.15) is 0 Å². The lowest BCUT2D eigenvalue weighted by Gasteiger charge is -2.29. The fourth-order valence-corrected chi connectivity index (χ4v) is 5.33. The average Bonchev–Trinajstić information content (AvgIpc) is 2.99. The largest absolute Gasteiger partial charge is 0.497 e. The first kappa shape index (κ1) is 29.1. The molecule has 0 saturated heterocycles. The van der Waals surface area contributed by atoms with E-state index in [1.807, 2.05) is 54.4 Å². The number of carbonyl (C=O) groups is 2. The molecule has 1 aliphatic rings. The Morgan fingerprint density at radius 1 is 0.975 bits per heavy atom. The van der Waals surface area contributed by atoms with Gasteiger partial charge in [0.25, 0.3) is 5.91 Å². The molecular weight excluding hydrogens is 504 g/mol. The van der Waals surface area contributed by atoms with E-state index >= 15 is 0 Å². The molecule has 1 saturated carbocycles. The Hall–Kier alpha value is -3.94. The van der Waals surface area contributed by atoms with Crippen LogP contribution in [0.25, 0.3) is 0 Å². The summed E-state index contributed by atoms with van der Waals surface area (Å²) in [6.45, 7) is 0.835. The van der Waals surface area contributed by atoms with Crippen LogP contribution >= 0.6 is 0 Å². The van der Waals surface area contributed by atoms with E-state index in [9.17, 15) is 14.7 Å². The van der Waals surface area contributed by atoms with Gasteiger partial charge in [0.1, 0.15) is 12.3 Å². The number of aliphatic carboxylic acids is 1. The summed E-state index contributed by atoms with van der Waals surface area (Å²) in [5, 5.41) is 9.61. The van der Waals surface area contributed by atoms with Crippen molar-refractivity contribution >= 4 is 17.8 Å². The van der Waals surface area contributed by atoms with Crippen LogP contribution in [0.3, 0.4) is 0 Å². The second kappa shape index (κ2) is 14.4. The fourth-order valence-electron chi connectivity index (χ4n) is 5.33. The molecule has 1 heterocycles. The van der Waals surface area contributed by atoms with Crippen LogP contribution in [0.15, 0.2) is 60.8 Å². The highest BCUT2D eigenvalue weighted by Gasteiger charge is 2.26. The SMILES string of the molecule is COc1cccc(CCc2nc(N(C)CCc3ccccc3)ncc2C(=O)N(CC(=O)O)CC2CCCCC2)c1. The van der Waals surface area contributed by atoms with Crippen LogP contribution in [0.4, 0.5) is 5.95 Å². The summed E-state index contributed by atoms with van der Waals surface area (Å²) in [5.74, 6) is 0.317. The number of likely N-dealkylation sites (N-methyl/N-ethyl adjacent to an activating group) is 1. The zero-order valence-electron chi connectivity index (χ0n) is 23.6. The molecule has 1 aliphatic carbocycles. The molecule has 212 valence electrons. The van der Waals surface area contributed by atoms with E-state index in [0.717, 1.165) is 50.0 Å². The first-order valence-corrected chi connectivity index (χ1v) is 14.2. The standard InChI is InChI=1S/C32H40N4O4/c1-35(19-18-24-10-5-3-6-11-24)32-33-21-28(29(34-32)17-16-25-14-9-15-27(20-25)40-2)31(39)36(23-30(37)38)22-26-12-7-4-8-13-26/h3,5-6,9-11,14-15,20-21,26H,4,7-8,12-13,16-19,22-23H2,1-2H3,(H,37,38). The molecule has 1 fully saturated rings. The topological polar surface area (TPSA) is 95.9 Å². The Labute approximate surface area is 237 Å². The number of aromatic nitrogens is 2. The fraction of sp³-hybridized carbons (Fsp3) is 0.438. The highest BCUT2D eigenvalue weighted by Crippen LogP contribution is 2.26. The van der Waals surface area contributed by atoms with Gasteiger partial charge in [0.15, 0.2) is 0 Å². The zero-order valence-corrected chi connectivity index (χ0v) is 23.6. The maximum atomic E-state index is 13.8. The maximum Gasteiger partial charge on any atom is 0.323 e. The number of nitrogens with zero attached hydrogens (tertiary/aromatic N) is 4. The molecule has 0 radical (unpaired) electrons. The minimum absolute atomic E-state index is 0.313. The molecule has 4 rings (SSSR count). The van der Waals surface area contributed by atoms with Gasteiger partial charge >= 0.3 is 5.97 Å². The van der Waals surface area contributed by atoms with E-state index in [1.165, 1.54) is 16.9 Å². The second-order valence-electron chi connectivity index (χ2n) is 10.6. The first-order valence-electron chi connectivity index (χ1n) is 14.2. The molecule has 0 atom stereocenters. The number of ether oxygens (including phenoxy) is 1. The Kier molecular flexibility index (Phi) is 10.5. The predicted octanol–water partition coefficient (Wildman–Crippen LogP) is 5.06. The van der Waals surface area contributed by atoms with Gasteiger partial charge in [-0.05, 0) is 61.3 Å². The van der Waals surface area contributed by atoms with Crippen LogP contribution in [-0.4, -0.2) is 65.6 Å². The summed E-state index contributed by atoms with van der Waals surface area (Å²) in [6.07, 6.45) is 9.09. The molecule has 1 amide bonds. The number of hydrogen-bond acceptors (Lipinski definition) is 6. The number of methoxy groups -OCH3 is 1. The summed E-state index contributed by atoms with van der Waals surface area (Å²) >= 11 is 0. The third kappa shape index (κ3) is 8.28. The van der Waals surface area contributed by atoms with E-state index in [4.69, 9.17) is 9.72 Å². The molecule has 0 bridgehead atoms. The van der Waals surface area contributed by atoms with Gasteiger partial charge in [0.05, 0.1) is 18.4 Å². The van der Waals surface area contributed by atoms with Crippen LogP contribution in [0.5, 0.6) is 5.75 Å². The molecule has 8 nitrogen and oxygen atoms in total. The molecular formula is C32H40N4O4. The number of carbonyl (C=O) groups excluding carboxylic acids is 1. The number of rotatable bonds is 13. The van der Waals surface area contributed by atoms with Gasteiger partial charge in [-0.3, -0.25) is 9.59 Å². The van der Waals surface area contributed by atoms with Gasteiger partial charge in [0.2, 0.25) is 5.95 Å². The van der Waals surface area contributed by atoms with Gasteiger partial charge in [-0.25, -0.2) is 9.97 Å². The van der Waals surface area contributed by atoms with Crippen LogP contribution in [0.2, 0.25) is 0 Å². The summed E-state index contributed by atoms with van der Waals surface area (Å²) in [5.41, 5.74) is 3.30. The molecule has 1 aromatic heterocycles. The zero-order chi connectivity index (χ0) is 28.3. The normalized spacial score (nSPS) is 13.6. The third-order valence-electron chi connectivity index (χ3n) is 7.61. The van der Waals surface area contributed by atoms with Crippen molar-refractivity contribution in [2.45, 2.75) is 51.4 Å². The van der Waals surface area contributed by atoms with Crippen molar-refractivity contribution < 1.29 is 19.4 Å². The van der Waals surface area contributed by atoms with Crippen molar-refractivity contribution in [3.05, 3.63) is 83.2 Å². The Morgan fingerprint density at radius 2 is 1.73 bits per heavy atom. The number of hydrogen-bond donors (Lipinski definition) is 1. The van der Waals surface area contributed by atoms with Crippen molar-refractivity contribution in [2.24, 2.45) is 5.92 Å². The van der Waals surface area contributed by atoms with Crippen LogP contribution in [0, 0.1) is 5.92 Å². The van der Waals surface area contributed by atoms with Crippen LogP contribution in [0.1, 0.15) is 59.3 Å². The maximum absolute atomic E-state index is 13.8. The third-order valence-corrected chi connectivity index (χ3v) is 7.61. The molecule has 1 N–H and O–H groups in total. The number of carboxylic acids is 1. The summed E-state index contributed by atoms with van der Waals surface area (Å²) in [7, 11) is 3.59. The number of carboxylic acid groups (broad SMARTS) is 1. The van der Waals surface area contributed by atoms with E-state index in [1.54, 1.807) is 13.3 Å². The lowest BCUT2D eigenvalue weighted by atomic mass is 9.89. The molecule has 0 aliphatic heterocycles. The quantitative estimate of drug-likeness (QED) is 0.321. The molecule has 8 heteroatoms. The summed E-state index contributed by atoms with van der Waals surface area (Å²) < 4.78 is 5.37. The molecule has 0 spiro atoms. The molecule has 40 heavy (non-hydrogen) atoms. The van der Waals surface area contributed by atoms with Gasteiger partial charge in [0, 0.05) is 26.3 Å². The van der Waals surface area contributed by atoms with E-state index < -0.39 is 5.97 Å². The van der Waals surface area contributed by atoms with E-state index in [-0.39, 0.29) is 12.5 Å². The van der Waals surface area contributed by atoms with Crippen LogP contribution < -0.4 is 9.64 Å². The number of anilines is 1. The Balaban J connectivity index is 1.58. The second-order valence-corrected chi connectivity index (χ2v) is 10.6. The first-order chi connectivity index (χ1) is 19.4. The highest BCUT2D eigenvalue weighted by atomic mass is 16.5. The Morgan fingerprint density at radius 3 is 2.45 bits per heavy atom. The number of amides is 1. The lowest BCUT2D eigenvalue weighted by molar-refractivity contribution is -0.137. The van der Waals surface area contributed by atoms with Gasteiger partial charge < -0.3 is 19.6 Å². The minimum Gasteiger partial charge on any atom is -0.497 e. The van der Waals surface area contributed by atoms with Crippen molar-refractivity contribution in [2.75, 3.05) is 38.7 Å². The van der Waals surface area contributed by atoms with E-state index in [0.29, 0.717) is 42.5 Å². The minimum atomic E-state index is -1.01. The van der Waals surface area contributed by atoms with Crippen LogP contribution in [-0.2, 0) is 24.1 Å². The van der Waals surface area contributed by atoms with Gasteiger partial charge in [-0.1, -0.05) is 61.7 Å². The lowest BCUT2D eigenvalue weighted by Crippen LogP contribution is -2.40. The summed E-state index contributed by atoms with van der Waals surface area (Å²) in [6, 6.07) is 18.1. The molecule has 2 aromatic carbocycles. The van der Waals surface area contributed by atoms with Crippen molar-refractivity contribution in [3.63, 3.8) is 0 Å². The van der Waals surface area contributed by atoms with Crippen molar-refractivity contribution in [1.29, 1.82) is 0 Å². The van der Waals surface area contributed by atoms with E-state index in [2.05, 4.69) is 17.1 Å². The number of aryl methyl sites for hydroxylation is 2. The smallest absolute Gasteiger partial charge is 0.323 e. The molecule has 0 unspecified atom stereocenters. The average molecular weight is 545 g/mol. The number of benzene rings is 2. The van der Waals surface area contributed by atoms with Gasteiger partial charge in [-0.15, -0.1) is 0 Å². The van der Waals surface area contributed by atoms with Crippen molar-refractivity contribution in [1.82, 2.24) is 14.9 Å². The monoisotopic (exact) mass is 544 g/mol. The molecule has 3 aromatic rings. The van der Waals surface area contributed by atoms with Crippen molar-refractivity contribution in [3.8, 4) is 5.75 Å². The summed E-state index contributed by atoms with van der Waals surface area (Å²) in [4.78, 5) is 38.5. The Bertz CT molecular complexity index is 1260.